The maximum Gasteiger partial charge on any atom is 0.323 e. The number of piperidine rings is 1. The first-order chi connectivity index (χ1) is 12.1. The summed E-state index contributed by atoms with van der Waals surface area (Å²) in [5, 5.41) is 0. The van der Waals surface area contributed by atoms with Gasteiger partial charge in [-0.05, 0) is 31.5 Å². The summed E-state index contributed by atoms with van der Waals surface area (Å²) in [6.45, 7) is 0.996. The van der Waals surface area contributed by atoms with E-state index in [4.69, 9.17) is 4.74 Å². The molecular formula is C20H21F2NO2. The Hall–Kier alpha value is -2.27. The number of hydrogen-bond acceptors (Lipinski definition) is 3. The zero-order chi connectivity index (χ0) is 17.6. The van der Waals surface area contributed by atoms with E-state index in [2.05, 4.69) is 0 Å². The van der Waals surface area contributed by atoms with Gasteiger partial charge in [-0.2, -0.15) is 0 Å². The highest BCUT2D eigenvalue weighted by atomic mass is 19.1. The number of halogens is 2. The van der Waals surface area contributed by atoms with Crippen LogP contribution in [0.4, 0.5) is 8.78 Å². The number of nitrogens with zero attached hydrogens (tertiary/aromatic N) is 1. The second kappa shape index (κ2) is 8.21. The van der Waals surface area contributed by atoms with Crippen molar-refractivity contribution in [2.24, 2.45) is 0 Å². The summed E-state index contributed by atoms with van der Waals surface area (Å²) in [5.41, 5.74) is 0.920. The summed E-state index contributed by atoms with van der Waals surface area (Å²) in [6, 6.07) is 12.4. The summed E-state index contributed by atoms with van der Waals surface area (Å²) in [7, 11) is 0. The molecule has 25 heavy (non-hydrogen) atoms. The summed E-state index contributed by atoms with van der Waals surface area (Å²) in [6.07, 6.45) is 2.56. The first kappa shape index (κ1) is 17.5. The molecule has 0 aromatic heterocycles. The van der Waals surface area contributed by atoms with E-state index in [-0.39, 0.29) is 24.2 Å². The average Bonchev–Trinajstić information content (AvgIpc) is 2.63. The Bertz CT molecular complexity index is 735. The highest BCUT2D eigenvalue weighted by Crippen LogP contribution is 2.22. The Kier molecular flexibility index (Phi) is 5.76. The molecule has 0 aliphatic carbocycles. The van der Waals surface area contributed by atoms with Crippen molar-refractivity contribution in [3.8, 4) is 0 Å². The molecular weight excluding hydrogens is 324 g/mol. The number of hydrogen-bond donors (Lipinski definition) is 0. The van der Waals surface area contributed by atoms with E-state index in [1.165, 1.54) is 12.1 Å². The molecule has 1 aliphatic rings. The van der Waals surface area contributed by atoms with Crippen LogP contribution in [-0.2, 0) is 22.7 Å². The number of carbonyl (C=O) groups is 1. The van der Waals surface area contributed by atoms with Gasteiger partial charge >= 0.3 is 5.97 Å². The predicted molar refractivity (Wildman–Crippen MR) is 90.6 cm³/mol. The van der Waals surface area contributed by atoms with E-state index in [9.17, 15) is 13.6 Å². The van der Waals surface area contributed by atoms with Crippen molar-refractivity contribution in [2.75, 3.05) is 6.54 Å². The first-order valence-corrected chi connectivity index (χ1v) is 8.52. The molecule has 2 aromatic rings. The monoisotopic (exact) mass is 345 g/mol. The van der Waals surface area contributed by atoms with Crippen molar-refractivity contribution >= 4 is 5.97 Å². The number of carbonyl (C=O) groups excluding carboxylic acids is 1. The van der Waals surface area contributed by atoms with Crippen LogP contribution >= 0.6 is 0 Å². The van der Waals surface area contributed by atoms with Gasteiger partial charge in [-0.25, -0.2) is 8.78 Å². The Morgan fingerprint density at radius 2 is 1.64 bits per heavy atom. The molecule has 3 rings (SSSR count). The molecule has 2 aromatic carbocycles. The average molecular weight is 345 g/mol. The molecule has 0 N–H and O–H groups in total. The highest BCUT2D eigenvalue weighted by Gasteiger charge is 2.30. The molecule has 1 heterocycles. The van der Waals surface area contributed by atoms with Crippen LogP contribution in [0, 0.1) is 11.6 Å². The van der Waals surface area contributed by atoms with Crippen LogP contribution in [-0.4, -0.2) is 23.5 Å². The minimum atomic E-state index is -0.417. The predicted octanol–water partition coefficient (Wildman–Crippen LogP) is 4.06. The van der Waals surface area contributed by atoms with E-state index >= 15 is 0 Å². The normalized spacial score (nSPS) is 18.1. The van der Waals surface area contributed by atoms with E-state index in [1.54, 1.807) is 36.4 Å². The fourth-order valence-corrected chi connectivity index (χ4v) is 3.15. The number of likely N-dealkylation sites (tertiary alicyclic amines) is 1. The molecule has 1 atom stereocenters. The third kappa shape index (κ3) is 4.42. The minimum absolute atomic E-state index is 0.0878. The molecule has 132 valence electrons. The quantitative estimate of drug-likeness (QED) is 0.765. The van der Waals surface area contributed by atoms with Crippen LogP contribution < -0.4 is 0 Å². The number of esters is 1. The summed E-state index contributed by atoms with van der Waals surface area (Å²) >= 11 is 0. The van der Waals surface area contributed by atoms with Crippen molar-refractivity contribution in [1.29, 1.82) is 0 Å². The molecule has 0 saturated carbocycles. The number of benzene rings is 2. The van der Waals surface area contributed by atoms with E-state index < -0.39 is 6.04 Å². The molecule has 0 bridgehead atoms. The van der Waals surface area contributed by atoms with Crippen LogP contribution in [0.2, 0.25) is 0 Å². The first-order valence-electron chi connectivity index (χ1n) is 8.52. The third-order valence-corrected chi connectivity index (χ3v) is 4.54. The van der Waals surface area contributed by atoms with E-state index in [0.717, 1.165) is 12.8 Å². The Morgan fingerprint density at radius 1 is 1.00 bits per heavy atom. The van der Waals surface area contributed by atoms with Crippen molar-refractivity contribution < 1.29 is 18.3 Å². The Morgan fingerprint density at radius 3 is 2.32 bits per heavy atom. The second-order valence-corrected chi connectivity index (χ2v) is 6.27. The van der Waals surface area contributed by atoms with Crippen LogP contribution in [0.3, 0.4) is 0 Å². The molecule has 0 radical (unpaired) electrons. The lowest BCUT2D eigenvalue weighted by atomic mass is 10.0. The lowest BCUT2D eigenvalue weighted by molar-refractivity contribution is -0.153. The largest absolute Gasteiger partial charge is 0.460 e. The third-order valence-electron chi connectivity index (χ3n) is 4.54. The molecule has 1 fully saturated rings. The maximum absolute atomic E-state index is 13.9. The SMILES string of the molecule is O=C(OCc1ccccc1F)[C@H]1CCCCN1Cc1ccccc1F. The molecule has 3 nitrogen and oxygen atoms in total. The number of rotatable bonds is 5. The lowest BCUT2D eigenvalue weighted by Crippen LogP contribution is -2.45. The number of ether oxygens (including phenoxy) is 1. The summed E-state index contributed by atoms with van der Waals surface area (Å²) in [5.74, 6) is -1.03. The van der Waals surface area contributed by atoms with Gasteiger partial charge in [-0.1, -0.05) is 42.8 Å². The Balaban J connectivity index is 1.65. The molecule has 1 aliphatic heterocycles. The highest BCUT2D eigenvalue weighted by molar-refractivity contribution is 5.76. The van der Waals surface area contributed by atoms with Gasteiger partial charge in [-0.15, -0.1) is 0 Å². The zero-order valence-electron chi connectivity index (χ0n) is 14.0. The van der Waals surface area contributed by atoms with Gasteiger partial charge in [0, 0.05) is 17.7 Å². The molecule has 0 amide bonds. The van der Waals surface area contributed by atoms with Gasteiger partial charge < -0.3 is 4.74 Å². The molecule has 0 spiro atoms. The maximum atomic E-state index is 13.9. The topological polar surface area (TPSA) is 29.5 Å². The molecule has 0 unspecified atom stereocenters. The van der Waals surface area contributed by atoms with Crippen LogP contribution in [0.1, 0.15) is 30.4 Å². The van der Waals surface area contributed by atoms with Gasteiger partial charge in [0.1, 0.15) is 24.3 Å². The van der Waals surface area contributed by atoms with Crippen molar-refractivity contribution in [3.05, 3.63) is 71.3 Å². The molecule has 5 heteroatoms. The Labute approximate surface area is 146 Å². The van der Waals surface area contributed by atoms with E-state index in [0.29, 0.717) is 30.6 Å². The smallest absolute Gasteiger partial charge is 0.323 e. The zero-order valence-corrected chi connectivity index (χ0v) is 14.0. The minimum Gasteiger partial charge on any atom is -0.460 e. The standard InChI is InChI=1S/C20H21F2NO2/c21-17-9-3-1-7-15(17)13-23-12-6-5-11-19(23)20(24)25-14-16-8-2-4-10-18(16)22/h1-4,7-10,19H,5-6,11-14H2/t19-/m1/s1. The van der Waals surface area contributed by atoms with Crippen molar-refractivity contribution in [2.45, 2.75) is 38.5 Å². The second-order valence-electron chi connectivity index (χ2n) is 6.27. The fraction of sp³-hybridized carbons (Fsp3) is 0.350. The fourth-order valence-electron chi connectivity index (χ4n) is 3.15. The lowest BCUT2D eigenvalue weighted by Gasteiger charge is -2.34. The van der Waals surface area contributed by atoms with Crippen molar-refractivity contribution in [1.82, 2.24) is 4.90 Å². The summed E-state index contributed by atoms with van der Waals surface area (Å²) in [4.78, 5) is 14.4. The van der Waals surface area contributed by atoms with Gasteiger partial charge in [0.2, 0.25) is 0 Å². The molecule has 1 saturated heterocycles. The van der Waals surface area contributed by atoms with Crippen LogP contribution in [0.15, 0.2) is 48.5 Å². The summed E-state index contributed by atoms with van der Waals surface area (Å²) < 4.78 is 32.9. The van der Waals surface area contributed by atoms with E-state index in [1.807, 2.05) is 4.90 Å². The van der Waals surface area contributed by atoms with Crippen LogP contribution in [0.5, 0.6) is 0 Å². The van der Waals surface area contributed by atoms with Crippen LogP contribution in [0.25, 0.3) is 0 Å². The van der Waals surface area contributed by atoms with Gasteiger partial charge in [0.05, 0.1) is 0 Å². The van der Waals surface area contributed by atoms with Gasteiger partial charge in [0.25, 0.3) is 0 Å². The van der Waals surface area contributed by atoms with Crippen molar-refractivity contribution in [3.63, 3.8) is 0 Å². The van der Waals surface area contributed by atoms with Gasteiger partial charge in [-0.3, -0.25) is 9.69 Å². The van der Waals surface area contributed by atoms with Gasteiger partial charge in [0.15, 0.2) is 0 Å².